The molecule has 0 saturated carbocycles. The first kappa shape index (κ1) is 14.0. The molecule has 0 atom stereocenters. The molecule has 1 aromatic rings. The van der Waals surface area contributed by atoms with Crippen LogP contribution >= 0.6 is 0 Å². The van der Waals surface area contributed by atoms with Crippen LogP contribution in [0.1, 0.15) is 24.2 Å². The van der Waals surface area contributed by atoms with Crippen molar-refractivity contribution >= 4 is 11.6 Å². The maximum atomic E-state index is 13.6. The normalized spacial score (nSPS) is 10.5. The quantitative estimate of drug-likeness (QED) is 0.665. The van der Waals surface area contributed by atoms with E-state index in [1.165, 1.54) is 0 Å². The summed E-state index contributed by atoms with van der Waals surface area (Å²) in [6.45, 7) is 3.91. The predicted molar refractivity (Wildman–Crippen MR) is 60.2 cm³/mol. The summed E-state index contributed by atoms with van der Waals surface area (Å²) >= 11 is 0. The van der Waals surface area contributed by atoms with Crippen LogP contribution in [0.25, 0.3) is 0 Å². The second-order valence-electron chi connectivity index (χ2n) is 4.15. The highest BCUT2D eigenvalue weighted by molar-refractivity contribution is 5.95. The fourth-order valence-electron chi connectivity index (χ4n) is 1.26. The third-order valence-electron chi connectivity index (χ3n) is 2.13. The smallest absolute Gasteiger partial charge is 0.308 e. The number of rotatable bonds is 4. The molecule has 0 aliphatic rings. The topological polar surface area (TPSA) is 72.2 Å². The number of amides is 1. The molecule has 1 amide bonds. The third kappa shape index (κ3) is 3.22. The Morgan fingerprint density at radius 2 is 2.06 bits per heavy atom. The molecule has 1 aromatic carbocycles. The van der Waals surface area contributed by atoms with Crippen LogP contribution in [0.5, 0.6) is 0 Å². The van der Waals surface area contributed by atoms with E-state index in [-0.39, 0.29) is 12.5 Å². The van der Waals surface area contributed by atoms with Gasteiger partial charge >= 0.3 is 5.69 Å². The molecule has 0 bridgehead atoms. The average molecular weight is 258 g/mol. The molecular formula is C11H12F2N2O3. The Hall–Kier alpha value is -2.05. The first-order chi connectivity index (χ1) is 8.32. The second kappa shape index (κ2) is 5.52. The van der Waals surface area contributed by atoms with Crippen molar-refractivity contribution < 1.29 is 18.5 Å². The summed E-state index contributed by atoms with van der Waals surface area (Å²) in [7, 11) is 0. The molecule has 0 aromatic heterocycles. The fourth-order valence-corrected chi connectivity index (χ4v) is 1.26. The van der Waals surface area contributed by atoms with Crippen LogP contribution in [-0.2, 0) is 0 Å². The molecule has 0 spiro atoms. The Morgan fingerprint density at radius 1 is 1.44 bits per heavy atom. The van der Waals surface area contributed by atoms with Crippen molar-refractivity contribution in [1.82, 2.24) is 5.32 Å². The van der Waals surface area contributed by atoms with Crippen molar-refractivity contribution in [2.24, 2.45) is 5.92 Å². The highest BCUT2D eigenvalue weighted by Gasteiger charge is 2.24. The molecule has 0 saturated heterocycles. The van der Waals surface area contributed by atoms with Crippen LogP contribution in [0.15, 0.2) is 12.1 Å². The summed E-state index contributed by atoms with van der Waals surface area (Å²) in [5.74, 6) is -3.11. The molecular weight excluding hydrogens is 246 g/mol. The molecule has 98 valence electrons. The Kier molecular flexibility index (Phi) is 4.30. The molecule has 18 heavy (non-hydrogen) atoms. The van der Waals surface area contributed by atoms with E-state index in [4.69, 9.17) is 0 Å². The zero-order chi connectivity index (χ0) is 13.9. The summed E-state index contributed by atoms with van der Waals surface area (Å²) in [5, 5.41) is 12.8. The molecule has 0 fully saturated rings. The summed E-state index contributed by atoms with van der Waals surface area (Å²) in [4.78, 5) is 21.0. The Labute approximate surface area is 102 Å². The number of nitrogens with one attached hydrogen (secondary N) is 1. The molecule has 0 radical (unpaired) electrons. The van der Waals surface area contributed by atoms with Gasteiger partial charge in [-0.2, -0.15) is 4.39 Å². The van der Waals surface area contributed by atoms with Gasteiger partial charge in [-0.05, 0) is 12.0 Å². The van der Waals surface area contributed by atoms with Crippen LogP contribution in [0.2, 0.25) is 0 Å². The summed E-state index contributed by atoms with van der Waals surface area (Å²) in [5.41, 5.74) is -1.72. The summed E-state index contributed by atoms with van der Waals surface area (Å²) < 4.78 is 26.7. The van der Waals surface area contributed by atoms with Crippen molar-refractivity contribution in [3.05, 3.63) is 39.4 Å². The first-order valence-electron chi connectivity index (χ1n) is 5.24. The van der Waals surface area contributed by atoms with E-state index >= 15 is 0 Å². The molecule has 5 nitrogen and oxygen atoms in total. The van der Waals surface area contributed by atoms with E-state index in [9.17, 15) is 23.7 Å². The molecule has 7 heteroatoms. The number of benzene rings is 1. The molecule has 1 rings (SSSR count). The summed E-state index contributed by atoms with van der Waals surface area (Å²) in [6.07, 6.45) is 0. The number of halogens is 2. The van der Waals surface area contributed by atoms with Gasteiger partial charge in [0.2, 0.25) is 5.82 Å². The Balaban J connectivity index is 3.09. The number of carbonyl (C=O) groups excluding carboxylic acids is 1. The van der Waals surface area contributed by atoms with Crippen LogP contribution in [0.4, 0.5) is 14.5 Å². The van der Waals surface area contributed by atoms with Crippen molar-refractivity contribution in [2.45, 2.75) is 13.8 Å². The highest BCUT2D eigenvalue weighted by Crippen LogP contribution is 2.22. The van der Waals surface area contributed by atoms with Gasteiger partial charge in [0.15, 0.2) is 0 Å². The second-order valence-corrected chi connectivity index (χ2v) is 4.15. The zero-order valence-electron chi connectivity index (χ0n) is 9.87. The Bertz CT molecular complexity index is 489. The number of hydrogen-bond acceptors (Lipinski definition) is 3. The lowest BCUT2D eigenvalue weighted by molar-refractivity contribution is -0.387. The molecule has 1 N–H and O–H groups in total. The van der Waals surface area contributed by atoms with Crippen LogP contribution in [0.3, 0.4) is 0 Å². The first-order valence-corrected chi connectivity index (χ1v) is 5.24. The van der Waals surface area contributed by atoms with Crippen LogP contribution in [-0.4, -0.2) is 17.4 Å². The van der Waals surface area contributed by atoms with Gasteiger partial charge in [0.25, 0.3) is 5.91 Å². The number of nitro groups is 1. The lowest BCUT2D eigenvalue weighted by Gasteiger charge is -2.08. The van der Waals surface area contributed by atoms with Gasteiger partial charge < -0.3 is 5.32 Å². The largest absolute Gasteiger partial charge is 0.352 e. The van der Waals surface area contributed by atoms with E-state index in [2.05, 4.69) is 5.32 Å². The lowest BCUT2D eigenvalue weighted by atomic mass is 10.1. The number of hydrogen-bond donors (Lipinski definition) is 1. The van der Waals surface area contributed by atoms with Gasteiger partial charge in [-0.1, -0.05) is 13.8 Å². The van der Waals surface area contributed by atoms with Crippen LogP contribution in [0, 0.1) is 27.7 Å². The van der Waals surface area contributed by atoms with E-state index in [0.717, 1.165) is 0 Å². The van der Waals surface area contributed by atoms with E-state index in [0.29, 0.717) is 12.1 Å². The minimum absolute atomic E-state index is 0.126. The predicted octanol–water partition coefficient (Wildman–Crippen LogP) is 2.26. The average Bonchev–Trinajstić information content (AvgIpc) is 2.28. The standard InChI is InChI=1S/C11H12F2N2O3/c1-6(2)5-14-11(16)8-3-7(12)4-9(10(8)13)15(17)18/h3-4,6H,5H2,1-2H3,(H,14,16). The van der Waals surface area contributed by atoms with Crippen molar-refractivity contribution in [3.8, 4) is 0 Å². The van der Waals surface area contributed by atoms with Crippen molar-refractivity contribution in [3.63, 3.8) is 0 Å². The van der Waals surface area contributed by atoms with E-state index in [1.54, 1.807) is 0 Å². The number of carbonyl (C=O) groups is 1. The fraction of sp³-hybridized carbons (Fsp3) is 0.364. The molecule has 0 aliphatic carbocycles. The zero-order valence-corrected chi connectivity index (χ0v) is 9.87. The van der Waals surface area contributed by atoms with Gasteiger partial charge in [-0.25, -0.2) is 4.39 Å². The third-order valence-corrected chi connectivity index (χ3v) is 2.13. The monoisotopic (exact) mass is 258 g/mol. The van der Waals surface area contributed by atoms with E-state index in [1.807, 2.05) is 13.8 Å². The van der Waals surface area contributed by atoms with E-state index < -0.39 is 33.7 Å². The van der Waals surface area contributed by atoms with Crippen molar-refractivity contribution in [2.75, 3.05) is 6.54 Å². The number of nitro benzene ring substituents is 1. The number of nitrogens with zero attached hydrogens (tertiary/aromatic N) is 1. The highest BCUT2D eigenvalue weighted by atomic mass is 19.1. The van der Waals surface area contributed by atoms with Gasteiger partial charge in [0, 0.05) is 6.54 Å². The Morgan fingerprint density at radius 3 is 2.56 bits per heavy atom. The maximum absolute atomic E-state index is 13.6. The SMILES string of the molecule is CC(C)CNC(=O)c1cc(F)cc([N+](=O)[O-])c1F. The minimum atomic E-state index is -1.33. The molecule has 0 aliphatic heterocycles. The van der Waals surface area contributed by atoms with Gasteiger partial charge in [0.05, 0.1) is 16.6 Å². The summed E-state index contributed by atoms with van der Waals surface area (Å²) in [6, 6.07) is 1.08. The van der Waals surface area contributed by atoms with Gasteiger partial charge in [-0.3, -0.25) is 14.9 Å². The lowest BCUT2D eigenvalue weighted by Crippen LogP contribution is -2.28. The maximum Gasteiger partial charge on any atom is 0.308 e. The van der Waals surface area contributed by atoms with Crippen molar-refractivity contribution in [1.29, 1.82) is 0 Å². The molecule has 0 unspecified atom stereocenters. The molecule has 0 heterocycles. The van der Waals surface area contributed by atoms with Gasteiger partial charge in [0.1, 0.15) is 5.82 Å². The van der Waals surface area contributed by atoms with Crippen LogP contribution < -0.4 is 5.32 Å². The van der Waals surface area contributed by atoms with Gasteiger partial charge in [-0.15, -0.1) is 0 Å². The minimum Gasteiger partial charge on any atom is -0.352 e.